The lowest BCUT2D eigenvalue weighted by molar-refractivity contribution is 0.0957. The van der Waals surface area contributed by atoms with E-state index < -0.39 is 0 Å². The minimum absolute atomic E-state index is 0.201. The van der Waals surface area contributed by atoms with Crippen LogP contribution in [0.5, 0.6) is 0 Å². The summed E-state index contributed by atoms with van der Waals surface area (Å²) in [5, 5.41) is 2.69. The first-order chi connectivity index (χ1) is 7.00. The average molecular weight is 270 g/mol. The third-order valence-electron chi connectivity index (χ3n) is 1.79. The van der Waals surface area contributed by atoms with Gasteiger partial charge in [0.05, 0.1) is 23.1 Å². The van der Waals surface area contributed by atoms with Crippen molar-refractivity contribution in [2.45, 2.75) is 6.92 Å². The van der Waals surface area contributed by atoms with Crippen LogP contribution in [-0.2, 0) is 0 Å². The molecule has 0 saturated carbocycles. The number of nitrogen functional groups attached to an aromatic ring is 1. The fourth-order valence-corrected chi connectivity index (χ4v) is 1.19. The molecule has 80 valence electrons. The van der Waals surface area contributed by atoms with Crippen molar-refractivity contribution in [3.63, 3.8) is 0 Å². The number of hydrogen-bond donors (Lipinski definition) is 2. The Morgan fingerprint density at radius 3 is 3.00 bits per heavy atom. The minimum atomic E-state index is -0.201. The van der Waals surface area contributed by atoms with E-state index in [4.69, 9.17) is 5.73 Å². The molecule has 0 radical (unpaired) electrons. The van der Waals surface area contributed by atoms with Gasteiger partial charge in [0, 0.05) is 11.0 Å². The molecule has 15 heavy (non-hydrogen) atoms. The highest BCUT2D eigenvalue weighted by Gasteiger charge is 2.09. The first-order valence-corrected chi connectivity index (χ1v) is 5.13. The molecule has 0 spiro atoms. The molecule has 1 aromatic rings. The molecule has 0 fully saturated rings. The van der Waals surface area contributed by atoms with Crippen LogP contribution in [0, 0.1) is 6.92 Å². The smallest absolute Gasteiger partial charge is 0.253 e. The molecular formula is C10H12BrN3O. The number of hydrogen-bond acceptors (Lipinski definition) is 3. The van der Waals surface area contributed by atoms with Crippen LogP contribution in [0.25, 0.3) is 0 Å². The van der Waals surface area contributed by atoms with Crippen molar-refractivity contribution in [3.05, 3.63) is 34.6 Å². The molecule has 0 atom stereocenters. The zero-order chi connectivity index (χ0) is 11.4. The maximum atomic E-state index is 11.7. The topological polar surface area (TPSA) is 68.0 Å². The van der Waals surface area contributed by atoms with E-state index >= 15 is 0 Å². The number of carbonyl (C=O) groups excluding carboxylic acids is 1. The summed E-state index contributed by atoms with van der Waals surface area (Å²) < 4.78 is 0.713. The summed E-state index contributed by atoms with van der Waals surface area (Å²) in [6.07, 6.45) is 1.52. The number of amides is 1. The highest BCUT2D eigenvalue weighted by atomic mass is 79.9. The number of aromatic nitrogens is 1. The number of halogens is 1. The van der Waals surface area contributed by atoms with Gasteiger partial charge in [0.1, 0.15) is 0 Å². The maximum absolute atomic E-state index is 11.7. The number of nitrogens with two attached hydrogens (primary N) is 1. The van der Waals surface area contributed by atoms with Crippen LogP contribution < -0.4 is 11.1 Å². The summed E-state index contributed by atoms with van der Waals surface area (Å²) >= 11 is 3.16. The normalized spacial score (nSPS) is 9.73. The van der Waals surface area contributed by atoms with Gasteiger partial charge in [0.25, 0.3) is 5.91 Å². The number of carbonyl (C=O) groups is 1. The zero-order valence-electron chi connectivity index (χ0n) is 8.38. The number of nitrogens with zero attached hydrogens (tertiary/aromatic N) is 1. The van der Waals surface area contributed by atoms with Gasteiger partial charge in [0.2, 0.25) is 0 Å². The van der Waals surface area contributed by atoms with Crippen LogP contribution >= 0.6 is 15.9 Å². The second-order valence-corrected chi connectivity index (χ2v) is 4.22. The van der Waals surface area contributed by atoms with E-state index in [0.29, 0.717) is 28.0 Å². The Kier molecular flexibility index (Phi) is 3.85. The van der Waals surface area contributed by atoms with Gasteiger partial charge in [-0.05, 0) is 13.0 Å². The second kappa shape index (κ2) is 4.93. The van der Waals surface area contributed by atoms with E-state index in [0.717, 1.165) is 0 Å². The van der Waals surface area contributed by atoms with Gasteiger partial charge in [0.15, 0.2) is 0 Å². The summed E-state index contributed by atoms with van der Waals surface area (Å²) in [5.74, 6) is -0.201. The number of pyridine rings is 1. The molecule has 0 aliphatic heterocycles. The summed E-state index contributed by atoms with van der Waals surface area (Å²) in [4.78, 5) is 15.7. The van der Waals surface area contributed by atoms with Crippen LogP contribution in [0.4, 0.5) is 5.69 Å². The van der Waals surface area contributed by atoms with E-state index in [2.05, 4.69) is 32.8 Å². The van der Waals surface area contributed by atoms with Crippen molar-refractivity contribution < 1.29 is 4.79 Å². The fraction of sp³-hybridized carbons (Fsp3) is 0.200. The molecule has 0 aromatic carbocycles. The summed E-state index contributed by atoms with van der Waals surface area (Å²) in [6, 6.07) is 1.61. The molecule has 0 saturated heterocycles. The molecule has 1 rings (SSSR count). The van der Waals surface area contributed by atoms with Gasteiger partial charge in [-0.15, -0.1) is 0 Å². The van der Waals surface area contributed by atoms with Crippen LogP contribution in [-0.4, -0.2) is 17.4 Å². The summed E-state index contributed by atoms with van der Waals surface area (Å²) in [5.41, 5.74) is 7.17. The van der Waals surface area contributed by atoms with Crippen LogP contribution in [0.15, 0.2) is 23.3 Å². The molecule has 0 aliphatic rings. The van der Waals surface area contributed by atoms with Crippen molar-refractivity contribution in [3.8, 4) is 0 Å². The van der Waals surface area contributed by atoms with Crippen molar-refractivity contribution in [2.75, 3.05) is 12.3 Å². The van der Waals surface area contributed by atoms with Gasteiger partial charge in [-0.2, -0.15) is 0 Å². The molecule has 5 heteroatoms. The van der Waals surface area contributed by atoms with Gasteiger partial charge in [-0.3, -0.25) is 9.78 Å². The van der Waals surface area contributed by atoms with E-state index in [1.54, 1.807) is 13.0 Å². The Morgan fingerprint density at radius 2 is 2.40 bits per heavy atom. The first-order valence-electron chi connectivity index (χ1n) is 4.34. The predicted octanol–water partition coefficient (Wildman–Crippen LogP) is 1.61. The second-order valence-electron chi connectivity index (χ2n) is 3.10. The highest BCUT2D eigenvalue weighted by Crippen LogP contribution is 2.09. The number of aryl methyl sites for hydroxylation is 1. The highest BCUT2D eigenvalue weighted by molar-refractivity contribution is 9.11. The number of nitrogens with one attached hydrogen (secondary N) is 1. The lowest BCUT2D eigenvalue weighted by Gasteiger charge is -2.06. The molecule has 1 aromatic heterocycles. The van der Waals surface area contributed by atoms with E-state index in [1.165, 1.54) is 6.20 Å². The van der Waals surface area contributed by atoms with Gasteiger partial charge >= 0.3 is 0 Å². The molecule has 1 amide bonds. The molecule has 0 aliphatic carbocycles. The monoisotopic (exact) mass is 269 g/mol. The number of rotatable bonds is 3. The predicted molar refractivity (Wildman–Crippen MR) is 63.8 cm³/mol. The zero-order valence-corrected chi connectivity index (χ0v) is 9.97. The molecule has 1 heterocycles. The van der Waals surface area contributed by atoms with E-state index in [9.17, 15) is 4.79 Å². The van der Waals surface area contributed by atoms with Crippen molar-refractivity contribution in [1.29, 1.82) is 0 Å². The Morgan fingerprint density at radius 1 is 1.73 bits per heavy atom. The van der Waals surface area contributed by atoms with Crippen LogP contribution in [0.3, 0.4) is 0 Å². The van der Waals surface area contributed by atoms with Crippen molar-refractivity contribution in [2.24, 2.45) is 0 Å². The van der Waals surface area contributed by atoms with Crippen LogP contribution in [0.2, 0.25) is 0 Å². The Balaban J connectivity index is 2.81. The minimum Gasteiger partial charge on any atom is -0.397 e. The third kappa shape index (κ3) is 3.36. The molecule has 0 bridgehead atoms. The fourth-order valence-electron chi connectivity index (χ4n) is 1.05. The molecular weight excluding hydrogens is 258 g/mol. The summed E-state index contributed by atoms with van der Waals surface area (Å²) in [7, 11) is 0. The quantitative estimate of drug-likeness (QED) is 0.876. The molecule has 4 nitrogen and oxygen atoms in total. The lowest BCUT2D eigenvalue weighted by Crippen LogP contribution is -2.25. The third-order valence-corrected chi connectivity index (χ3v) is 2.07. The average Bonchev–Trinajstić information content (AvgIpc) is 2.18. The van der Waals surface area contributed by atoms with Gasteiger partial charge in [-0.25, -0.2) is 0 Å². The van der Waals surface area contributed by atoms with E-state index in [-0.39, 0.29) is 5.91 Å². The van der Waals surface area contributed by atoms with Gasteiger partial charge < -0.3 is 11.1 Å². The van der Waals surface area contributed by atoms with Crippen molar-refractivity contribution in [1.82, 2.24) is 10.3 Å². The maximum Gasteiger partial charge on any atom is 0.253 e. The largest absolute Gasteiger partial charge is 0.397 e. The molecule has 0 unspecified atom stereocenters. The van der Waals surface area contributed by atoms with Gasteiger partial charge in [-0.1, -0.05) is 22.5 Å². The SMILES string of the molecule is C=C(Br)CNC(=O)c1cc(N)cnc1C. The standard InChI is InChI=1S/C10H12BrN3O/c1-6(11)4-14-10(15)9-3-8(12)5-13-7(9)2/h3,5H,1,4,12H2,2H3,(H,14,15). The first kappa shape index (κ1) is 11.7. The lowest BCUT2D eigenvalue weighted by atomic mass is 10.2. The Labute approximate surface area is 96.7 Å². The Bertz CT molecular complexity index is 404. The van der Waals surface area contributed by atoms with Crippen LogP contribution in [0.1, 0.15) is 16.1 Å². The van der Waals surface area contributed by atoms with Crippen molar-refractivity contribution >= 4 is 27.5 Å². The van der Waals surface area contributed by atoms with E-state index in [1.807, 2.05) is 0 Å². The molecule has 3 N–H and O–H groups in total. The Hall–Kier alpha value is -1.36. The number of anilines is 1. The summed E-state index contributed by atoms with van der Waals surface area (Å²) in [6.45, 7) is 5.77.